The molecule has 0 aliphatic carbocycles. The maximum absolute atomic E-state index is 13.1. The third-order valence-electron chi connectivity index (χ3n) is 3.46. The van der Waals surface area contributed by atoms with Crippen LogP contribution in [-0.2, 0) is 5.60 Å². The van der Waals surface area contributed by atoms with Gasteiger partial charge in [0, 0.05) is 0 Å². The van der Waals surface area contributed by atoms with E-state index in [9.17, 15) is 28.8 Å². The first kappa shape index (κ1) is 17.5. The highest BCUT2D eigenvalue weighted by atomic mass is 19.1. The Bertz CT molecular complexity index is 776. The molecular weight excluding hydrogens is 322 g/mol. The molecule has 24 heavy (non-hydrogen) atoms. The molecule has 0 aromatic heterocycles. The molecule has 1 unspecified atom stereocenters. The zero-order valence-electron chi connectivity index (χ0n) is 12.6. The maximum atomic E-state index is 13.1. The third-order valence-corrected chi connectivity index (χ3v) is 3.46. The Labute approximate surface area is 135 Å². The molecule has 8 heteroatoms. The van der Waals surface area contributed by atoms with E-state index in [-0.39, 0.29) is 12.1 Å². The van der Waals surface area contributed by atoms with Crippen LogP contribution >= 0.6 is 0 Å². The Balaban J connectivity index is 2.16. The second kappa shape index (κ2) is 6.71. The molecular formula is C16H14F2N2O4. The van der Waals surface area contributed by atoms with Crippen LogP contribution in [0.1, 0.15) is 22.8 Å². The van der Waals surface area contributed by atoms with Crippen molar-refractivity contribution in [3.05, 3.63) is 75.3 Å². The van der Waals surface area contributed by atoms with E-state index in [0.717, 1.165) is 24.3 Å². The second-order valence-corrected chi connectivity index (χ2v) is 5.38. The van der Waals surface area contributed by atoms with Gasteiger partial charge in [-0.25, -0.2) is 8.78 Å². The summed E-state index contributed by atoms with van der Waals surface area (Å²) in [5.41, 5.74) is -2.15. The molecule has 0 bridgehead atoms. The van der Waals surface area contributed by atoms with E-state index >= 15 is 0 Å². The van der Waals surface area contributed by atoms with Gasteiger partial charge < -0.3 is 10.4 Å². The second-order valence-electron chi connectivity index (χ2n) is 5.38. The quantitative estimate of drug-likeness (QED) is 0.648. The van der Waals surface area contributed by atoms with E-state index in [2.05, 4.69) is 5.32 Å². The summed E-state index contributed by atoms with van der Waals surface area (Å²) in [5.74, 6) is -2.14. The van der Waals surface area contributed by atoms with Gasteiger partial charge in [0.2, 0.25) is 0 Å². The van der Waals surface area contributed by atoms with Crippen LogP contribution in [0.3, 0.4) is 0 Å². The summed E-state index contributed by atoms with van der Waals surface area (Å²) in [4.78, 5) is 22.1. The number of nitro groups is 1. The van der Waals surface area contributed by atoms with Crippen LogP contribution in [0.5, 0.6) is 0 Å². The van der Waals surface area contributed by atoms with Gasteiger partial charge in [-0.3, -0.25) is 14.9 Å². The van der Waals surface area contributed by atoms with Gasteiger partial charge in [-0.15, -0.1) is 0 Å². The largest absolute Gasteiger partial charge is 0.384 e. The molecule has 2 N–H and O–H groups in total. The van der Waals surface area contributed by atoms with Gasteiger partial charge >= 0.3 is 0 Å². The molecule has 0 spiro atoms. The molecule has 0 aliphatic rings. The van der Waals surface area contributed by atoms with Crippen molar-refractivity contribution in [1.29, 1.82) is 0 Å². The minimum absolute atomic E-state index is 0.272. The Kier molecular flexibility index (Phi) is 4.89. The molecule has 0 radical (unpaired) electrons. The molecule has 6 nitrogen and oxygen atoms in total. The molecule has 0 aliphatic heterocycles. The standard InChI is InChI=1S/C16H14F2N2O4/c1-16(22,10-2-4-11(17)5-3-10)9-19-15(21)13-7-6-12(18)8-14(13)20(23)24/h2-8,22H,9H2,1H3,(H,19,21). The number of hydrogen-bond acceptors (Lipinski definition) is 4. The van der Waals surface area contributed by atoms with E-state index in [4.69, 9.17) is 0 Å². The Morgan fingerprint density at radius 2 is 1.79 bits per heavy atom. The lowest BCUT2D eigenvalue weighted by molar-refractivity contribution is -0.385. The smallest absolute Gasteiger partial charge is 0.285 e. The van der Waals surface area contributed by atoms with Crippen molar-refractivity contribution in [3.63, 3.8) is 0 Å². The summed E-state index contributed by atoms with van der Waals surface area (Å²) in [6.45, 7) is 1.13. The van der Waals surface area contributed by atoms with Crippen LogP contribution in [0.4, 0.5) is 14.5 Å². The number of halogens is 2. The first-order chi connectivity index (χ1) is 11.2. The third kappa shape index (κ3) is 3.90. The van der Waals surface area contributed by atoms with Crippen LogP contribution < -0.4 is 5.32 Å². The van der Waals surface area contributed by atoms with Crippen LogP contribution in [0.2, 0.25) is 0 Å². The molecule has 1 atom stereocenters. The van der Waals surface area contributed by atoms with Crippen LogP contribution in [0.15, 0.2) is 42.5 Å². The molecule has 126 valence electrons. The molecule has 0 heterocycles. The first-order valence-corrected chi connectivity index (χ1v) is 6.91. The van der Waals surface area contributed by atoms with Gasteiger partial charge in [-0.05, 0) is 36.8 Å². The number of carbonyl (C=O) groups excluding carboxylic acids is 1. The zero-order chi connectivity index (χ0) is 17.9. The predicted molar refractivity (Wildman–Crippen MR) is 81.4 cm³/mol. The van der Waals surface area contributed by atoms with Crippen molar-refractivity contribution < 1.29 is 23.6 Å². The van der Waals surface area contributed by atoms with Crippen LogP contribution in [0, 0.1) is 21.7 Å². The summed E-state index contributed by atoms with van der Waals surface area (Å²) in [6.07, 6.45) is 0. The Morgan fingerprint density at radius 1 is 1.21 bits per heavy atom. The van der Waals surface area contributed by atoms with Crippen molar-refractivity contribution in [3.8, 4) is 0 Å². The van der Waals surface area contributed by atoms with Crippen molar-refractivity contribution in [2.75, 3.05) is 6.54 Å². The normalized spacial score (nSPS) is 13.2. The summed E-state index contributed by atoms with van der Waals surface area (Å²) in [7, 11) is 0. The summed E-state index contributed by atoms with van der Waals surface area (Å²) in [5, 5.41) is 23.6. The van der Waals surface area contributed by atoms with Gasteiger partial charge in [0.1, 0.15) is 22.8 Å². The molecule has 0 saturated heterocycles. The summed E-state index contributed by atoms with van der Waals surface area (Å²) < 4.78 is 26.0. The number of rotatable bonds is 5. The molecule has 2 rings (SSSR count). The Hall–Kier alpha value is -2.87. The zero-order valence-corrected chi connectivity index (χ0v) is 12.6. The predicted octanol–water partition coefficient (Wildman–Crippen LogP) is 2.51. The molecule has 2 aromatic rings. The fraction of sp³-hybridized carbons (Fsp3) is 0.188. The summed E-state index contributed by atoms with van der Waals surface area (Å²) in [6, 6.07) is 7.62. The van der Waals surface area contributed by atoms with Crippen molar-refractivity contribution in [1.82, 2.24) is 5.32 Å². The van der Waals surface area contributed by atoms with Gasteiger partial charge in [0.05, 0.1) is 17.5 Å². The summed E-state index contributed by atoms with van der Waals surface area (Å²) >= 11 is 0. The molecule has 0 fully saturated rings. The first-order valence-electron chi connectivity index (χ1n) is 6.91. The average Bonchev–Trinajstić information content (AvgIpc) is 2.53. The SMILES string of the molecule is CC(O)(CNC(=O)c1ccc(F)cc1[N+](=O)[O-])c1ccc(F)cc1. The van der Waals surface area contributed by atoms with Gasteiger partial charge in [-0.2, -0.15) is 0 Å². The number of benzene rings is 2. The van der Waals surface area contributed by atoms with Gasteiger partial charge in [0.15, 0.2) is 0 Å². The lowest BCUT2D eigenvalue weighted by Gasteiger charge is -2.24. The topological polar surface area (TPSA) is 92.5 Å². The molecule has 1 amide bonds. The van der Waals surface area contributed by atoms with E-state index in [0.29, 0.717) is 11.6 Å². The highest BCUT2D eigenvalue weighted by Gasteiger charge is 2.26. The number of carbonyl (C=O) groups is 1. The number of aliphatic hydroxyl groups is 1. The number of hydrogen-bond donors (Lipinski definition) is 2. The highest BCUT2D eigenvalue weighted by Crippen LogP contribution is 2.22. The molecule has 2 aromatic carbocycles. The van der Waals surface area contributed by atoms with E-state index < -0.39 is 33.8 Å². The number of nitrogens with zero attached hydrogens (tertiary/aromatic N) is 1. The number of amides is 1. The Morgan fingerprint density at radius 3 is 2.38 bits per heavy atom. The van der Waals surface area contributed by atoms with Gasteiger partial charge in [-0.1, -0.05) is 12.1 Å². The number of nitrogens with one attached hydrogen (secondary N) is 1. The monoisotopic (exact) mass is 336 g/mol. The van der Waals surface area contributed by atoms with Crippen LogP contribution in [0.25, 0.3) is 0 Å². The molecule has 0 saturated carbocycles. The van der Waals surface area contributed by atoms with Crippen molar-refractivity contribution in [2.24, 2.45) is 0 Å². The van der Waals surface area contributed by atoms with Crippen molar-refractivity contribution >= 4 is 11.6 Å². The average molecular weight is 336 g/mol. The highest BCUT2D eigenvalue weighted by molar-refractivity contribution is 5.98. The minimum Gasteiger partial charge on any atom is -0.384 e. The minimum atomic E-state index is -1.52. The fourth-order valence-corrected chi connectivity index (χ4v) is 2.11. The van der Waals surface area contributed by atoms with Crippen molar-refractivity contribution in [2.45, 2.75) is 12.5 Å². The number of nitro benzene ring substituents is 1. The van der Waals surface area contributed by atoms with E-state index in [1.807, 2.05) is 0 Å². The maximum Gasteiger partial charge on any atom is 0.285 e. The van der Waals surface area contributed by atoms with Crippen LogP contribution in [-0.4, -0.2) is 22.5 Å². The lowest BCUT2D eigenvalue weighted by Crippen LogP contribution is -2.38. The van der Waals surface area contributed by atoms with E-state index in [1.165, 1.54) is 19.1 Å². The fourth-order valence-electron chi connectivity index (χ4n) is 2.11. The lowest BCUT2D eigenvalue weighted by atomic mass is 9.96. The van der Waals surface area contributed by atoms with E-state index in [1.54, 1.807) is 0 Å². The van der Waals surface area contributed by atoms with Gasteiger partial charge in [0.25, 0.3) is 11.6 Å².